The molecule has 0 aromatic carbocycles. The molecule has 94 valence electrons. The van der Waals surface area contributed by atoms with Crippen LogP contribution in [0.3, 0.4) is 0 Å². The van der Waals surface area contributed by atoms with Crippen molar-refractivity contribution in [2.45, 2.75) is 39.7 Å². The first-order valence-electron chi connectivity index (χ1n) is 6.06. The van der Waals surface area contributed by atoms with Crippen molar-refractivity contribution in [3.05, 3.63) is 0 Å². The number of rotatable bonds is 2. The van der Waals surface area contributed by atoms with Gasteiger partial charge in [0.2, 0.25) is 5.91 Å². The molecular weight excluding hydrogens is 202 g/mol. The molecule has 0 aromatic heterocycles. The molecule has 1 fully saturated rings. The Morgan fingerprint density at radius 1 is 1.19 bits per heavy atom. The first kappa shape index (κ1) is 13.5. The summed E-state index contributed by atoms with van der Waals surface area (Å²) in [6.07, 6.45) is 1.02. The number of nitrogens with one attached hydrogen (secondary N) is 1. The highest BCUT2D eigenvalue weighted by Crippen LogP contribution is 2.30. The van der Waals surface area contributed by atoms with Gasteiger partial charge in [0.1, 0.15) is 0 Å². The summed E-state index contributed by atoms with van der Waals surface area (Å²) in [6, 6.07) is 0. The predicted octanol–water partition coefficient (Wildman–Crippen LogP) is 0.572. The molecule has 0 aliphatic carbocycles. The molecule has 0 unspecified atom stereocenters. The second-order valence-electron chi connectivity index (χ2n) is 5.74. The van der Waals surface area contributed by atoms with Crippen molar-refractivity contribution in [1.82, 2.24) is 10.2 Å². The molecule has 0 aromatic rings. The number of carbonyl (C=O) groups excluding carboxylic acids is 1. The summed E-state index contributed by atoms with van der Waals surface area (Å²) in [6.45, 7) is 11.2. The molecule has 1 saturated heterocycles. The summed E-state index contributed by atoms with van der Waals surface area (Å²) in [5.41, 5.74) is 5.08. The Bertz CT molecular complexity index is 247. The summed E-state index contributed by atoms with van der Waals surface area (Å²) in [4.78, 5) is 14.4. The number of hydrogen-bond donors (Lipinski definition) is 2. The van der Waals surface area contributed by atoms with Gasteiger partial charge in [0.05, 0.1) is 5.41 Å². The van der Waals surface area contributed by atoms with Crippen LogP contribution in [-0.2, 0) is 4.79 Å². The molecule has 0 atom stereocenters. The third-order valence-corrected chi connectivity index (χ3v) is 3.77. The third kappa shape index (κ3) is 2.74. The number of carbonyl (C=O) groups is 1. The Hall–Kier alpha value is -0.610. The maximum absolute atomic E-state index is 12.4. The van der Waals surface area contributed by atoms with Crippen molar-refractivity contribution in [3.8, 4) is 0 Å². The number of nitrogens with two attached hydrogens (primary N) is 1. The molecule has 0 radical (unpaired) electrons. The Labute approximate surface area is 98.6 Å². The van der Waals surface area contributed by atoms with Crippen LogP contribution in [0.2, 0.25) is 0 Å². The molecule has 0 saturated carbocycles. The van der Waals surface area contributed by atoms with Gasteiger partial charge < -0.3 is 16.0 Å². The summed E-state index contributed by atoms with van der Waals surface area (Å²) < 4.78 is 0. The van der Waals surface area contributed by atoms with Gasteiger partial charge in [-0.05, 0) is 40.7 Å². The van der Waals surface area contributed by atoms with E-state index < -0.39 is 11.0 Å². The van der Waals surface area contributed by atoms with Gasteiger partial charge in [-0.2, -0.15) is 0 Å². The first-order chi connectivity index (χ1) is 7.27. The van der Waals surface area contributed by atoms with Gasteiger partial charge in [0, 0.05) is 25.2 Å². The van der Waals surface area contributed by atoms with E-state index in [4.69, 9.17) is 5.73 Å². The molecule has 16 heavy (non-hydrogen) atoms. The third-order valence-electron chi connectivity index (χ3n) is 3.77. The molecule has 1 amide bonds. The molecule has 1 aliphatic rings. The van der Waals surface area contributed by atoms with Crippen molar-refractivity contribution in [3.63, 3.8) is 0 Å². The number of hydrogen-bond acceptors (Lipinski definition) is 3. The molecule has 3 N–H and O–H groups in total. The van der Waals surface area contributed by atoms with Crippen molar-refractivity contribution in [1.29, 1.82) is 0 Å². The average Bonchev–Trinajstić information content (AvgIpc) is 2.42. The van der Waals surface area contributed by atoms with E-state index in [1.807, 2.05) is 32.6 Å². The van der Waals surface area contributed by atoms with E-state index in [0.717, 1.165) is 32.6 Å². The lowest BCUT2D eigenvalue weighted by molar-refractivity contribution is -0.143. The fourth-order valence-corrected chi connectivity index (χ4v) is 1.72. The normalized spacial score (nSPS) is 19.4. The lowest BCUT2D eigenvalue weighted by atomic mass is 9.74. The van der Waals surface area contributed by atoms with Gasteiger partial charge in [-0.3, -0.25) is 4.79 Å². The van der Waals surface area contributed by atoms with Gasteiger partial charge >= 0.3 is 0 Å². The zero-order valence-electron chi connectivity index (χ0n) is 11.0. The van der Waals surface area contributed by atoms with Crippen molar-refractivity contribution >= 4 is 5.91 Å². The highest BCUT2D eigenvalue weighted by atomic mass is 16.2. The minimum atomic E-state index is -0.517. The zero-order chi connectivity index (χ0) is 12.4. The van der Waals surface area contributed by atoms with Crippen LogP contribution >= 0.6 is 0 Å². The lowest BCUT2D eigenvalue weighted by Gasteiger charge is -2.40. The van der Waals surface area contributed by atoms with Crippen LogP contribution in [-0.4, -0.2) is 42.5 Å². The predicted molar refractivity (Wildman–Crippen MR) is 66.1 cm³/mol. The number of nitrogens with zero attached hydrogens (tertiary/aromatic N) is 1. The minimum Gasteiger partial charge on any atom is -0.341 e. The SMILES string of the molecule is CC(C)(N)C(C)(C)C(=O)N1CCCNCC1. The van der Waals surface area contributed by atoms with E-state index in [9.17, 15) is 4.79 Å². The van der Waals surface area contributed by atoms with E-state index in [0.29, 0.717) is 0 Å². The molecule has 0 spiro atoms. The van der Waals surface area contributed by atoms with Gasteiger partial charge in [-0.1, -0.05) is 0 Å². The number of amides is 1. The summed E-state index contributed by atoms with van der Waals surface area (Å²) in [5, 5.41) is 3.30. The Balaban J connectivity index is 2.75. The fraction of sp³-hybridized carbons (Fsp3) is 0.917. The molecule has 1 aliphatic heterocycles. The van der Waals surface area contributed by atoms with Crippen LogP contribution in [0.25, 0.3) is 0 Å². The topological polar surface area (TPSA) is 58.4 Å². The Morgan fingerprint density at radius 3 is 2.38 bits per heavy atom. The minimum absolute atomic E-state index is 0.170. The maximum Gasteiger partial charge on any atom is 0.230 e. The quantitative estimate of drug-likeness (QED) is 0.725. The van der Waals surface area contributed by atoms with Gasteiger partial charge in [-0.25, -0.2) is 0 Å². The van der Waals surface area contributed by atoms with Crippen LogP contribution in [0, 0.1) is 5.41 Å². The van der Waals surface area contributed by atoms with Crippen LogP contribution in [0.5, 0.6) is 0 Å². The largest absolute Gasteiger partial charge is 0.341 e. The van der Waals surface area contributed by atoms with E-state index in [1.54, 1.807) is 0 Å². The van der Waals surface area contributed by atoms with Crippen LogP contribution < -0.4 is 11.1 Å². The van der Waals surface area contributed by atoms with Crippen molar-refractivity contribution in [2.75, 3.05) is 26.2 Å². The highest BCUT2D eigenvalue weighted by Gasteiger charge is 2.42. The van der Waals surface area contributed by atoms with Gasteiger partial charge in [-0.15, -0.1) is 0 Å². The van der Waals surface area contributed by atoms with Gasteiger partial charge in [0.15, 0.2) is 0 Å². The van der Waals surface area contributed by atoms with Crippen LogP contribution in [0.1, 0.15) is 34.1 Å². The lowest BCUT2D eigenvalue weighted by Crippen LogP contribution is -2.56. The molecule has 4 nitrogen and oxygen atoms in total. The smallest absolute Gasteiger partial charge is 0.230 e. The summed E-state index contributed by atoms with van der Waals surface area (Å²) in [5.74, 6) is 0.170. The van der Waals surface area contributed by atoms with Crippen molar-refractivity contribution < 1.29 is 4.79 Å². The zero-order valence-corrected chi connectivity index (χ0v) is 11.0. The second-order valence-corrected chi connectivity index (χ2v) is 5.74. The summed E-state index contributed by atoms with van der Waals surface area (Å²) in [7, 11) is 0. The molecule has 1 rings (SSSR count). The fourth-order valence-electron chi connectivity index (χ4n) is 1.72. The van der Waals surface area contributed by atoms with Crippen molar-refractivity contribution in [2.24, 2.45) is 11.1 Å². The van der Waals surface area contributed by atoms with E-state index in [-0.39, 0.29) is 5.91 Å². The Kier molecular flexibility index (Phi) is 3.97. The van der Waals surface area contributed by atoms with E-state index >= 15 is 0 Å². The van der Waals surface area contributed by atoms with E-state index in [2.05, 4.69) is 5.32 Å². The first-order valence-corrected chi connectivity index (χ1v) is 6.06. The molecular formula is C12H25N3O. The average molecular weight is 227 g/mol. The summed E-state index contributed by atoms with van der Waals surface area (Å²) >= 11 is 0. The highest BCUT2D eigenvalue weighted by molar-refractivity contribution is 5.83. The maximum atomic E-state index is 12.4. The monoisotopic (exact) mass is 227 g/mol. The molecule has 0 bridgehead atoms. The van der Waals surface area contributed by atoms with Crippen LogP contribution in [0.4, 0.5) is 0 Å². The van der Waals surface area contributed by atoms with Gasteiger partial charge in [0.25, 0.3) is 0 Å². The molecule has 4 heteroatoms. The Morgan fingerprint density at radius 2 is 1.81 bits per heavy atom. The standard InChI is InChI=1S/C12H25N3O/c1-11(2,12(3,4)13)10(16)15-8-5-6-14-7-9-15/h14H,5-9,13H2,1-4H3. The second kappa shape index (κ2) is 4.72. The molecule has 1 heterocycles. The van der Waals surface area contributed by atoms with E-state index in [1.165, 1.54) is 0 Å². The van der Waals surface area contributed by atoms with Crippen LogP contribution in [0.15, 0.2) is 0 Å².